The molecule has 0 saturated carbocycles. The van der Waals surface area contributed by atoms with Crippen molar-refractivity contribution in [2.75, 3.05) is 25.1 Å². The van der Waals surface area contributed by atoms with Gasteiger partial charge in [0.25, 0.3) is 0 Å². The molecule has 5 heteroatoms. The normalized spacial score (nSPS) is 24.4. The summed E-state index contributed by atoms with van der Waals surface area (Å²) >= 11 is 0. The molecule has 0 aliphatic carbocycles. The number of hydrogen-bond donors (Lipinski definition) is 1. The molecule has 136 valence electrons. The van der Waals surface area contributed by atoms with Crippen LogP contribution in [-0.4, -0.2) is 42.2 Å². The van der Waals surface area contributed by atoms with Crippen LogP contribution in [0.5, 0.6) is 0 Å². The summed E-state index contributed by atoms with van der Waals surface area (Å²) in [5.74, 6) is -0.00759. The van der Waals surface area contributed by atoms with Crippen LogP contribution in [0.4, 0.5) is 10.1 Å². The number of carbonyl (C=O) groups excluding carboxylic acids is 1. The Morgan fingerprint density at radius 2 is 2.00 bits per heavy atom. The van der Waals surface area contributed by atoms with E-state index >= 15 is 0 Å². The molecule has 26 heavy (non-hydrogen) atoms. The maximum Gasteiger partial charge on any atom is 0.219 e. The Kier molecular flexibility index (Phi) is 4.19. The average Bonchev–Trinajstić information content (AvgIpc) is 3.07. The van der Waals surface area contributed by atoms with Gasteiger partial charge in [0.15, 0.2) is 0 Å². The van der Waals surface area contributed by atoms with E-state index in [0.29, 0.717) is 6.54 Å². The highest BCUT2D eigenvalue weighted by molar-refractivity contribution is 5.77. The zero-order valence-electron chi connectivity index (χ0n) is 15.0. The van der Waals surface area contributed by atoms with Crippen LogP contribution in [0.25, 0.3) is 11.1 Å². The monoisotopic (exact) mass is 354 g/mol. The summed E-state index contributed by atoms with van der Waals surface area (Å²) in [6.45, 7) is 2.37. The minimum absolute atomic E-state index is 0.00290. The number of benzene rings is 2. The first-order chi connectivity index (χ1) is 12.5. The number of fused-ring (bicyclic) bond motifs is 3. The Bertz CT molecular complexity index is 854. The number of anilines is 1. The van der Waals surface area contributed by atoms with E-state index in [1.807, 2.05) is 30.1 Å². The van der Waals surface area contributed by atoms with Gasteiger partial charge in [-0.15, -0.1) is 0 Å². The van der Waals surface area contributed by atoms with Crippen LogP contribution >= 0.6 is 0 Å². The maximum atomic E-state index is 13.6. The van der Waals surface area contributed by atoms with E-state index in [-0.39, 0.29) is 36.3 Å². The summed E-state index contributed by atoms with van der Waals surface area (Å²) < 4.78 is 13.6. The molecule has 4 rings (SSSR count). The van der Waals surface area contributed by atoms with Gasteiger partial charge in [0.2, 0.25) is 5.91 Å². The van der Waals surface area contributed by atoms with E-state index in [2.05, 4.69) is 11.0 Å². The lowest BCUT2D eigenvalue weighted by Crippen LogP contribution is -2.48. The van der Waals surface area contributed by atoms with Gasteiger partial charge >= 0.3 is 0 Å². The zero-order chi connectivity index (χ0) is 18.4. The predicted octanol–water partition coefficient (Wildman–Crippen LogP) is 3.21. The van der Waals surface area contributed by atoms with E-state index in [0.717, 1.165) is 28.8 Å². The molecule has 0 unspecified atom stereocenters. The molecule has 2 aromatic rings. The number of halogens is 1. The van der Waals surface area contributed by atoms with Gasteiger partial charge in [0.1, 0.15) is 5.82 Å². The predicted molar refractivity (Wildman–Crippen MR) is 99.3 cm³/mol. The number of likely N-dealkylation sites (N-methyl/N-ethyl adjacent to an activating group) is 1. The molecule has 2 aliphatic heterocycles. The second kappa shape index (κ2) is 6.40. The van der Waals surface area contributed by atoms with Gasteiger partial charge < -0.3 is 14.9 Å². The summed E-state index contributed by atoms with van der Waals surface area (Å²) in [7, 11) is 1.99. The van der Waals surface area contributed by atoms with E-state index in [1.165, 1.54) is 12.1 Å². The van der Waals surface area contributed by atoms with Crippen molar-refractivity contribution in [3.8, 4) is 11.1 Å². The van der Waals surface area contributed by atoms with Crippen molar-refractivity contribution in [3.63, 3.8) is 0 Å². The lowest BCUT2D eigenvalue weighted by atomic mass is 9.81. The number of aliphatic hydroxyl groups excluding tert-OH is 1. The van der Waals surface area contributed by atoms with Crippen LogP contribution in [-0.2, 0) is 4.79 Å². The van der Waals surface area contributed by atoms with E-state index in [9.17, 15) is 14.3 Å². The van der Waals surface area contributed by atoms with E-state index in [1.54, 1.807) is 13.0 Å². The standard InChI is InChI=1S/C21H23FN2O2/c1-13(26)24-9-8-17-20(12-25)23(2)19-7-6-15(11-18(19)21(17)24)14-4-3-5-16(22)10-14/h3-7,10-11,17,20-21,25H,8-9,12H2,1-2H3/t17-,20+,21-/m0/s1. The number of likely N-dealkylation sites (tertiary alicyclic amines) is 1. The third-order valence-electron chi connectivity index (χ3n) is 5.91. The molecular weight excluding hydrogens is 331 g/mol. The van der Waals surface area contributed by atoms with Gasteiger partial charge in [-0.05, 0) is 47.4 Å². The first kappa shape index (κ1) is 17.0. The molecule has 1 amide bonds. The molecule has 1 saturated heterocycles. The Morgan fingerprint density at radius 3 is 2.69 bits per heavy atom. The fourth-order valence-electron chi connectivity index (χ4n) is 4.65. The number of amides is 1. The highest BCUT2D eigenvalue weighted by Gasteiger charge is 2.46. The molecule has 0 aromatic heterocycles. The Hall–Kier alpha value is -2.40. The molecule has 0 spiro atoms. The smallest absolute Gasteiger partial charge is 0.219 e. The van der Waals surface area contributed by atoms with Crippen molar-refractivity contribution in [1.82, 2.24) is 4.90 Å². The largest absolute Gasteiger partial charge is 0.394 e. The van der Waals surface area contributed by atoms with Crippen LogP contribution < -0.4 is 4.90 Å². The summed E-state index contributed by atoms with van der Waals surface area (Å²) in [5, 5.41) is 9.94. The van der Waals surface area contributed by atoms with Crippen molar-refractivity contribution in [3.05, 3.63) is 53.8 Å². The van der Waals surface area contributed by atoms with Crippen LogP contribution in [0.3, 0.4) is 0 Å². The van der Waals surface area contributed by atoms with Gasteiger partial charge in [-0.25, -0.2) is 4.39 Å². The van der Waals surface area contributed by atoms with Gasteiger partial charge in [0.05, 0.1) is 18.7 Å². The number of rotatable bonds is 2. The second-order valence-electron chi connectivity index (χ2n) is 7.25. The number of hydrogen-bond acceptors (Lipinski definition) is 3. The van der Waals surface area contributed by atoms with Gasteiger partial charge in [-0.3, -0.25) is 4.79 Å². The maximum absolute atomic E-state index is 13.6. The third kappa shape index (κ3) is 2.58. The SMILES string of the molecule is CC(=O)N1CC[C@@H]2[C@H]1c1cc(-c3cccc(F)c3)ccc1N(C)[C@@H]2CO. The van der Waals surface area contributed by atoms with Gasteiger partial charge in [-0.1, -0.05) is 18.2 Å². The highest BCUT2D eigenvalue weighted by Crippen LogP contribution is 2.49. The van der Waals surface area contributed by atoms with E-state index in [4.69, 9.17) is 0 Å². The van der Waals surface area contributed by atoms with Crippen molar-refractivity contribution in [1.29, 1.82) is 0 Å². The van der Waals surface area contributed by atoms with Crippen molar-refractivity contribution in [2.45, 2.75) is 25.4 Å². The van der Waals surface area contributed by atoms with E-state index < -0.39 is 0 Å². The van der Waals surface area contributed by atoms with Crippen molar-refractivity contribution >= 4 is 11.6 Å². The molecule has 2 heterocycles. The third-order valence-corrected chi connectivity index (χ3v) is 5.91. The molecule has 1 fully saturated rings. The first-order valence-electron chi connectivity index (χ1n) is 9.02. The fraction of sp³-hybridized carbons (Fsp3) is 0.381. The molecule has 3 atom stereocenters. The van der Waals surface area contributed by atoms with Gasteiger partial charge in [-0.2, -0.15) is 0 Å². The fourth-order valence-corrected chi connectivity index (χ4v) is 4.65. The molecule has 1 N–H and O–H groups in total. The summed E-state index contributed by atoms with van der Waals surface area (Å²) in [5.41, 5.74) is 3.87. The highest BCUT2D eigenvalue weighted by atomic mass is 19.1. The number of aliphatic hydroxyl groups is 1. The Morgan fingerprint density at radius 1 is 1.23 bits per heavy atom. The molecule has 0 radical (unpaired) electrons. The molecule has 4 nitrogen and oxygen atoms in total. The lowest BCUT2D eigenvalue weighted by Gasteiger charge is -2.44. The Labute approximate surface area is 152 Å². The summed E-state index contributed by atoms with van der Waals surface area (Å²) in [6.07, 6.45) is 0.878. The first-order valence-corrected chi connectivity index (χ1v) is 9.02. The van der Waals surface area contributed by atoms with Crippen LogP contribution in [0.2, 0.25) is 0 Å². The van der Waals surface area contributed by atoms with Crippen molar-refractivity contribution in [2.24, 2.45) is 5.92 Å². The quantitative estimate of drug-likeness (QED) is 0.901. The number of carbonyl (C=O) groups is 1. The van der Waals surface area contributed by atoms with Crippen LogP contribution in [0, 0.1) is 11.7 Å². The minimum Gasteiger partial charge on any atom is -0.394 e. The molecule has 0 bridgehead atoms. The van der Waals surface area contributed by atoms with Crippen LogP contribution in [0.1, 0.15) is 24.9 Å². The molecule has 2 aliphatic rings. The minimum atomic E-state index is -0.262. The molecular formula is C21H23FN2O2. The molecule has 2 aromatic carbocycles. The van der Waals surface area contributed by atoms with Crippen LogP contribution in [0.15, 0.2) is 42.5 Å². The summed E-state index contributed by atoms with van der Waals surface area (Å²) in [6, 6.07) is 12.6. The number of nitrogens with zero attached hydrogens (tertiary/aromatic N) is 2. The average molecular weight is 354 g/mol. The van der Waals surface area contributed by atoms with Gasteiger partial charge in [0, 0.05) is 32.1 Å². The lowest BCUT2D eigenvalue weighted by molar-refractivity contribution is -0.130. The zero-order valence-corrected chi connectivity index (χ0v) is 15.0. The summed E-state index contributed by atoms with van der Waals surface area (Å²) in [4.78, 5) is 16.2. The topological polar surface area (TPSA) is 43.8 Å². The van der Waals surface area contributed by atoms with Crippen molar-refractivity contribution < 1.29 is 14.3 Å². The second-order valence-corrected chi connectivity index (χ2v) is 7.25. The Balaban J connectivity index is 1.85.